The predicted octanol–water partition coefficient (Wildman–Crippen LogP) is 6.45. The van der Waals surface area contributed by atoms with Crippen molar-refractivity contribution in [2.45, 2.75) is 52.5 Å². The van der Waals surface area contributed by atoms with E-state index >= 15 is 0 Å². The molecule has 0 aliphatic heterocycles. The molecule has 0 saturated heterocycles. The van der Waals surface area contributed by atoms with Gasteiger partial charge in [-0.3, -0.25) is 19.4 Å². The number of hydrogen-bond donors (Lipinski definition) is 2. The normalized spacial score (nSPS) is 14.0. The zero-order valence-corrected chi connectivity index (χ0v) is 26.4. The van der Waals surface area contributed by atoms with Crippen LogP contribution in [0.3, 0.4) is 0 Å². The van der Waals surface area contributed by atoms with Gasteiger partial charge in [-0.05, 0) is 72.7 Å². The highest BCUT2D eigenvalue weighted by Crippen LogP contribution is 2.42. The van der Waals surface area contributed by atoms with Gasteiger partial charge in [0.15, 0.2) is 5.78 Å². The Morgan fingerprint density at radius 3 is 2.48 bits per heavy atom. The van der Waals surface area contributed by atoms with E-state index in [1.807, 2.05) is 32.0 Å². The quantitative estimate of drug-likeness (QED) is 0.168. The molecule has 0 spiro atoms. The summed E-state index contributed by atoms with van der Waals surface area (Å²) in [5.74, 6) is -1.31. The molecule has 3 N–H and O–H groups in total. The molecule has 0 bridgehead atoms. The first-order chi connectivity index (χ1) is 22.1. The summed E-state index contributed by atoms with van der Waals surface area (Å²) in [7, 11) is 0. The number of benzene rings is 2. The molecule has 1 atom stereocenters. The first-order valence-electron chi connectivity index (χ1n) is 15.0. The fourth-order valence-corrected chi connectivity index (χ4v) is 6.88. The molecule has 0 radical (unpaired) electrons. The average molecular weight is 638 g/mol. The molecule has 11 heteroatoms. The van der Waals surface area contributed by atoms with Crippen molar-refractivity contribution in [2.75, 3.05) is 0 Å². The minimum absolute atomic E-state index is 0.0578. The van der Waals surface area contributed by atoms with E-state index in [1.165, 1.54) is 41.2 Å². The van der Waals surface area contributed by atoms with E-state index < -0.39 is 11.7 Å². The third-order valence-corrected chi connectivity index (χ3v) is 9.05. The number of Topliss-reactive ketones (excluding diaryl/α,β-unsaturated/α-hetero) is 1. The van der Waals surface area contributed by atoms with E-state index in [4.69, 9.17) is 15.1 Å². The van der Waals surface area contributed by atoms with Gasteiger partial charge in [0.1, 0.15) is 5.82 Å². The Morgan fingerprint density at radius 1 is 1.02 bits per heavy atom. The molecule has 5 aromatic rings. The number of rotatable bonds is 10. The summed E-state index contributed by atoms with van der Waals surface area (Å²) < 4.78 is 19.5. The van der Waals surface area contributed by atoms with Gasteiger partial charge in [-0.1, -0.05) is 38.1 Å². The van der Waals surface area contributed by atoms with Gasteiger partial charge in [0.2, 0.25) is 11.8 Å². The van der Waals surface area contributed by atoms with Crippen molar-refractivity contribution in [2.24, 2.45) is 11.7 Å². The van der Waals surface area contributed by atoms with E-state index in [1.54, 1.807) is 19.1 Å². The van der Waals surface area contributed by atoms with E-state index in [0.717, 1.165) is 18.4 Å². The Balaban J connectivity index is 1.48. The lowest BCUT2D eigenvalue weighted by Gasteiger charge is -2.19. The van der Waals surface area contributed by atoms with Gasteiger partial charge in [-0.15, -0.1) is 21.5 Å². The molecular formula is C35H32FN5O4S. The number of carbonyl (C=O) groups is 3. The Morgan fingerprint density at radius 2 is 1.78 bits per heavy atom. The summed E-state index contributed by atoms with van der Waals surface area (Å²) >= 11 is 1.20. The summed E-state index contributed by atoms with van der Waals surface area (Å²) in [5, 5.41) is 11.4. The largest absolute Gasteiger partial charge is 0.421 e. The van der Waals surface area contributed by atoms with E-state index in [2.05, 4.69) is 21.6 Å². The number of hydrogen-bond acceptors (Lipinski definition) is 8. The molecule has 1 aliphatic carbocycles. The molecule has 3 heterocycles. The van der Waals surface area contributed by atoms with Crippen molar-refractivity contribution in [3.63, 3.8) is 0 Å². The monoisotopic (exact) mass is 637 g/mol. The molecular weight excluding hydrogens is 605 g/mol. The van der Waals surface area contributed by atoms with Crippen LogP contribution >= 0.6 is 11.3 Å². The van der Waals surface area contributed by atoms with E-state index in [9.17, 15) is 18.8 Å². The number of fused-ring (bicyclic) bond motifs is 1. The number of halogens is 1. The first kappa shape index (κ1) is 31.0. The van der Waals surface area contributed by atoms with Crippen LogP contribution in [0.15, 0.2) is 65.1 Å². The second-order valence-corrected chi connectivity index (χ2v) is 12.8. The van der Waals surface area contributed by atoms with Crippen LogP contribution in [0.2, 0.25) is 0 Å². The highest BCUT2D eigenvalue weighted by Gasteiger charge is 2.31. The van der Waals surface area contributed by atoms with E-state index in [-0.39, 0.29) is 53.0 Å². The van der Waals surface area contributed by atoms with Gasteiger partial charge in [-0.25, -0.2) is 4.39 Å². The number of aryl methyl sites for hydroxylation is 2. The van der Waals surface area contributed by atoms with Crippen LogP contribution in [-0.4, -0.2) is 32.8 Å². The lowest BCUT2D eigenvalue weighted by atomic mass is 9.91. The maximum atomic E-state index is 13.6. The summed E-state index contributed by atoms with van der Waals surface area (Å²) in [6, 6.07) is 16.7. The zero-order chi connectivity index (χ0) is 32.5. The van der Waals surface area contributed by atoms with Gasteiger partial charge in [0, 0.05) is 22.9 Å². The molecule has 0 saturated carbocycles. The van der Waals surface area contributed by atoms with Crippen LogP contribution in [0.4, 0.5) is 4.39 Å². The number of ketones is 1. The Kier molecular flexibility index (Phi) is 8.59. The molecule has 2 amide bonds. The molecule has 1 aliphatic rings. The van der Waals surface area contributed by atoms with E-state index in [0.29, 0.717) is 38.7 Å². The Hall–Kier alpha value is -5.03. The van der Waals surface area contributed by atoms with Crippen LogP contribution in [0.25, 0.3) is 21.9 Å². The van der Waals surface area contributed by atoms with Crippen LogP contribution in [-0.2, 0) is 19.3 Å². The summed E-state index contributed by atoms with van der Waals surface area (Å²) in [6.07, 6.45) is 1.90. The molecule has 3 aromatic heterocycles. The number of aromatic nitrogens is 3. The highest BCUT2D eigenvalue weighted by atomic mass is 32.1. The lowest BCUT2D eigenvalue weighted by molar-refractivity contribution is 0.0938. The number of primary amides is 1. The second-order valence-electron chi connectivity index (χ2n) is 11.8. The highest BCUT2D eigenvalue weighted by molar-refractivity contribution is 7.17. The smallest absolute Gasteiger partial charge is 0.261 e. The van der Waals surface area contributed by atoms with Crippen LogP contribution in [0.1, 0.15) is 85.1 Å². The number of thiophene rings is 1. The second kappa shape index (κ2) is 12.8. The lowest BCUT2D eigenvalue weighted by Crippen LogP contribution is -2.26. The number of carbonyl (C=O) groups excluding carboxylic acids is 3. The molecule has 46 heavy (non-hydrogen) atoms. The van der Waals surface area contributed by atoms with Crippen molar-refractivity contribution in [1.82, 2.24) is 20.5 Å². The van der Waals surface area contributed by atoms with Gasteiger partial charge in [0.25, 0.3) is 11.8 Å². The predicted molar refractivity (Wildman–Crippen MR) is 172 cm³/mol. The van der Waals surface area contributed by atoms with Crippen LogP contribution in [0.5, 0.6) is 0 Å². The Bertz CT molecular complexity index is 1960. The SMILES string of the molecule is Cc1nnc(-c2c(CC(=O)c3ccc(F)cc3)nc(CC(C)C)c(C(N)=O)c2-c2ccc(C(=O)N[C@@H]3CCc4ccccc43)s2)o1. The van der Waals surface area contributed by atoms with Crippen LogP contribution in [0, 0.1) is 18.7 Å². The topological polar surface area (TPSA) is 141 Å². The van der Waals surface area contributed by atoms with Crippen molar-refractivity contribution in [3.8, 4) is 21.9 Å². The minimum Gasteiger partial charge on any atom is -0.421 e. The number of amides is 2. The minimum atomic E-state index is -0.714. The van der Waals surface area contributed by atoms with Crippen molar-refractivity contribution in [1.29, 1.82) is 0 Å². The number of pyridine rings is 1. The van der Waals surface area contributed by atoms with Gasteiger partial charge < -0.3 is 15.5 Å². The fraction of sp³-hybridized carbons (Fsp3) is 0.257. The first-order valence-corrected chi connectivity index (χ1v) is 15.8. The van der Waals surface area contributed by atoms with Crippen molar-refractivity contribution >= 4 is 28.9 Å². The maximum absolute atomic E-state index is 13.6. The van der Waals surface area contributed by atoms with Gasteiger partial charge in [0.05, 0.1) is 39.9 Å². The molecule has 6 rings (SSSR count). The molecule has 9 nitrogen and oxygen atoms in total. The number of nitrogens with zero attached hydrogens (tertiary/aromatic N) is 3. The number of nitrogens with two attached hydrogens (primary N) is 1. The number of nitrogens with one attached hydrogen (secondary N) is 1. The summed E-state index contributed by atoms with van der Waals surface area (Å²) in [4.78, 5) is 46.0. The standard InChI is InChI=1S/C35H32FN5O4S/c1-18(2)16-25-30(33(37)43)32(28-14-15-29(46-28)34(44)39-24-13-10-20-6-4-5-7-23(20)24)31(35-41-40-19(3)45-35)26(38-25)17-27(42)21-8-11-22(36)12-9-21/h4-9,11-12,14-15,18,24H,10,13,16-17H2,1-3H3,(H2,37,43)(H,39,44)/t24-/m1/s1. The molecule has 2 aromatic carbocycles. The van der Waals surface area contributed by atoms with Gasteiger partial charge in [-0.2, -0.15) is 0 Å². The summed E-state index contributed by atoms with van der Waals surface area (Å²) in [6.45, 7) is 5.60. The fourth-order valence-electron chi connectivity index (χ4n) is 5.91. The average Bonchev–Trinajstić information content (AvgIpc) is 3.77. The van der Waals surface area contributed by atoms with Crippen LogP contribution < -0.4 is 11.1 Å². The molecule has 0 unspecified atom stereocenters. The zero-order valence-electron chi connectivity index (χ0n) is 25.6. The third kappa shape index (κ3) is 6.23. The van der Waals surface area contributed by atoms with Crippen molar-refractivity contribution < 1.29 is 23.2 Å². The molecule has 0 fully saturated rings. The summed E-state index contributed by atoms with van der Waals surface area (Å²) in [5.41, 5.74) is 10.2. The van der Waals surface area contributed by atoms with Crippen molar-refractivity contribution in [3.05, 3.63) is 111 Å². The Labute approximate surface area is 269 Å². The maximum Gasteiger partial charge on any atom is 0.261 e. The van der Waals surface area contributed by atoms with Gasteiger partial charge >= 0.3 is 0 Å². The molecule has 234 valence electrons. The third-order valence-electron chi connectivity index (χ3n) is 7.94.